The summed E-state index contributed by atoms with van der Waals surface area (Å²) in [5.74, 6) is 0. The van der Waals surface area contributed by atoms with Gasteiger partial charge in [0, 0.05) is 25.8 Å². The van der Waals surface area contributed by atoms with Crippen LogP contribution in [0.2, 0.25) is 0 Å². The van der Waals surface area contributed by atoms with Gasteiger partial charge in [0.05, 0.1) is 6.54 Å². The Balaban J connectivity index is 2.13. The highest BCUT2D eigenvalue weighted by Crippen LogP contribution is 2.20. The van der Waals surface area contributed by atoms with Gasteiger partial charge in [0.2, 0.25) is 6.08 Å². The van der Waals surface area contributed by atoms with Crippen LogP contribution in [0, 0.1) is 0 Å². The summed E-state index contributed by atoms with van der Waals surface area (Å²) >= 11 is 0. The highest BCUT2D eigenvalue weighted by Gasteiger charge is 2.26. The minimum absolute atomic E-state index is 0.0173. The molecule has 0 radical (unpaired) electrons. The van der Waals surface area contributed by atoms with Gasteiger partial charge in [-0.25, -0.2) is 14.6 Å². The summed E-state index contributed by atoms with van der Waals surface area (Å²) in [7, 11) is 1.79. The van der Waals surface area contributed by atoms with Crippen LogP contribution in [-0.4, -0.2) is 37.1 Å². The van der Waals surface area contributed by atoms with Gasteiger partial charge in [0.25, 0.3) is 0 Å². The summed E-state index contributed by atoms with van der Waals surface area (Å²) in [5.41, 5.74) is 1.80. The molecule has 1 aliphatic heterocycles. The molecule has 1 aliphatic rings. The van der Waals surface area contributed by atoms with Gasteiger partial charge < -0.3 is 4.90 Å². The lowest BCUT2D eigenvalue weighted by Gasteiger charge is -2.16. The molecule has 1 aromatic carbocycles. The number of amides is 2. The molecule has 0 saturated carbocycles. The van der Waals surface area contributed by atoms with E-state index in [1.165, 1.54) is 6.08 Å². The topological polar surface area (TPSA) is 53.0 Å². The quantitative estimate of drug-likeness (QED) is 0.583. The van der Waals surface area contributed by atoms with Crippen molar-refractivity contribution in [3.05, 3.63) is 29.8 Å². The Labute approximate surface area is 99.4 Å². The van der Waals surface area contributed by atoms with Gasteiger partial charge >= 0.3 is 6.03 Å². The predicted octanol–water partition coefficient (Wildman–Crippen LogP) is 1.39. The van der Waals surface area contributed by atoms with E-state index >= 15 is 0 Å². The highest BCUT2D eigenvalue weighted by molar-refractivity contribution is 5.93. The number of rotatable bonds is 3. The smallest absolute Gasteiger partial charge is 0.324 e. The third-order valence-corrected chi connectivity index (χ3v) is 2.79. The number of benzene rings is 1. The van der Waals surface area contributed by atoms with Crippen molar-refractivity contribution in [1.29, 1.82) is 0 Å². The van der Waals surface area contributed by atoms with E-state index in [-0.39, 0.29) is 6.03 Å². The Bertz CT molecular complexity index is 463. The largest absolute Gasteiger partial charge is 0.326 e. The predicted molar refractivity (Wildman–Crippen MR) is 63.6 cm³/mol. The lowest BCUT2D eigenvalue weighted by atomic mass is 10.2. The lowest BCUT2D eigenvalue weighted by Crippen LogP contribution is -2.29. The van der Waals surface area contributed by atoms with Crippen LogP contribution < -0.4 is 4.90 Å². The average molecular weight is 231 g/mol. The first-order chi connectivity index (χ1) is 8.22. The van der Waals surface area contributed by atoms with Gasteiger partial charge in [-0.2, -0.15) is 0 Å². The van der Waals surface area contributed by atoms with Gasteiger partial charge in [0.1, 0.15) is 0 Å². The van der Waals surface area contributed by atoms with Crippen LogP contribution in [0.4, 0.5) is 10.5 Å². The Kier molecular flexibility index (Phi) is 3.21. The summed E-state index contributed by atoms with van der Waals surface area (Å²) in [4.78, 5) is 28.6. The Morgan fingerprint density at radius 3 is 2.53 bits per heavy atom. The molecule has 0 atom stereocenters. The number of likely N-dealkylation sites (N-methyl/N-ethyl adjacent to an activating group) is 1. The number of anilines is 1. The van der Waals surface area contributed by atoms with Crippen LogP contribution in [0.15, 0.2) is 29.3 Å². The Hall–Kier alpha value is -2.13. The number of isocyanates is 1. The third-order valence-electron chi connectivity index (χ3n) is 2.79. The molecule has 1 fully saturated rings. The van der Waals surface area contributed by atoms with Crippen molar-refractivity contribution in [2.45, 2.75) is 6.54 Å². The fraction of sp³-hybridized carbons (Fsp3) is 0.333. The van der Waals surface area contributed by atoms with E-state index in [1.54, 1.807) is 16.8 Å². The zero-order valence-corrected chi connectivity index (χ0v) is 9.59. The molecule has 1 saturated heterocycles. The summed E-state index contributed by atoms with van der Waals surface area (Å²) in [6.07, 6.45) is 1.50. The summed E-state index contributed by atoms with van der Waals surface area (Å²) in [6.45, 7) is 1.79. The van der Waals surface area contributed by atoms with Crippen LogP contribution in [0.1, 0.15) is 5.56 Å². The molecule has 1 heterocycles. The first kappa shape index (κ1) is 11.4. The zero-order chi connectivity index (χ0) is 12.3. The molecule has 0 aromatic heterocycles. The minimum atomic E-state index is 0.0173. The summed E-state index contributed by atoms with van der Waals surface area (Å²) in [5, 5.41) is 0. The molecule has 2 amide bonds. The lowest BCUT2D eigenvalue weighted by molar-refractivity contribution is 0.229. The number of urea groups is 1. The van der Waals surface area contributed by atoms with Crippen LogP contribution in [0.25, 0.3) is 0 Å². The monoisotopic (exact) mass is 231 g/mol. The number of aliphatic imine (C=N–C) groups is 1. The minimum Gasteiger partial charge on any atom is -0.326 e. The van der Waals surface area contributed by atoms with E-state index in [0.717, 1.165) is 17.8 Å². The molecule has 0 spiro atoms. The molecular weight excluding hydrogens is 218 g/mol. The van der Waals surface area contributed by atoms with Gasteiger partial charge in [-0.3, -0.25) is 4.90 Å². The molecular formula is C12H13N3O2. The normalized spacial score (nSPS) is 15.0. The molecule has 17 heavy (non-hydrogen) atoms. The van der Waals surface area contributed by atoms with Gasteiger partial charge in [-0.15, -0.1) is 0 Å². The Morgan fingerprint density at radius 1 is 1.29 bits per heavy atom. The zero-order valence-electron chi connectivity index (χ0n) is 9.59. The van der Waals surface area contributed by atoms with Crippen molar-refractivity contribution >= 4 is 17.8 Å². The van der Waals surface area contributed by atoms with E-state index in [0.29, 0.717) is 13.1 Å². The Morgan fingerprint density at radius 2 is 2.00 bits per heavy atom. The van der Waals surface area contributed by atoms with Gasteiger partial charge in [0.15, 0.2) is 0 Å². The van der Waals surface area contributed by atoms with Crippen molar-refractivity contribution < 1.29 is 9.59 Å². The molecule has 88 valence electrons. The average Bonchev–Trinajstić information content (AvgIpc) is 2.68. The molecule has 0 bridgehead atoms. The van der Waals surface area contributed by atoms with Crippen molar-refractivity contribution in [2.24, 2.45) is 4.99 Å². The molecule has 0 aliphatic carbocycles. The van der Waals surface area contributed by atoms with E-state index in [1.807, 2.05) is 24.3 Å². The fourth-order valence-electron chi connectivity index (χ4n) is 1.79. The van der Waals surface area contributed by atoms with E-state index in [4.69, 9.17) is 0 Å². The van der Waals surface area contributed by atoms with Crippen molar-refractivity contribution in [1.82, 2.24) is 4.90 Å². The molecule has 5 nitrogen and oxygen atoms in total. The van der Waals surface area contributed by atoms with Crippen molar-refractivity contribution in [2.75, 3.05) is 25.0 Å². The maximum Gasteiger partial charge on any atom is 0.324 e. The van der Waals surface area contributed by atoms with Crippen LogP contribution in [-0.2, 0) is 11.3 Å². The number of carbonyl (C=O) groups excluding carboxylic acids is 2. The molecule has 0 unspecified atom stereocenters. The van der Waals surface area contributed by atoms with E-state index < -0.39 is 0 Å². The maximum atomic E-state index is 11.7. The second-order valence-corrected chi connectivity index (χ2v) is 3.93. The van der Waals surface area contributed by atoms with Gasteiger partial charge in [-0.1, -0.05) is 12.1 Å². The van der Waals surface area contributed by atoms with Crippen LogP contribution >= 0.6 is 0 Å². The van der Waals surface area contributed by atoms with Crippen LogP contribution in [0.3, 0.4) is 0 Å². The molecule has 1 aromatic rings. The van der Waals surface area contributed by atoms with E-state index in [2.05, 4.69) is 4.99 Å². The number of nitrogens with zero attached hydrogens (tertiary/aromatic N) is 3. The summed E-state index contributed by atoms with van der Waals surface area (Å²) in [6, 6.07) is 7.48. The molecule has 5 heteroatoms. The second kappa shape index (κ2) is 4.80. The molecule has 0 N–H and O–H groups in total. The second-order valence-electron chi connectivity index (χ2n) is 3.93. The van der Waals surface area contributed by atoms with Crippen LogP contribution in [0.5, 0.6) is 0 Å². The van der Waals surface area contributed by atoms with E-state index in [9.17, 15) is 9.59 Å². The molecule has 2 rings (SSSR count). The fourth-order valence-corrected chi connectivity index (χ4v) is 1.79. The number of hydrogen-bond acceptors (Lipinski definition) is 3. The summed E-state index contributed by atoms with van der Waals surface area (Å²) < 4.78 is 0. The first-order valence-electron chi connectivity index (χ1n) is 5.37. The first-order valence-corrected chi connectivity index (χ1v) is 5.37. The standard InChI is InChI=1S/C12H13N3O2/c1-14-6-7-15(12(14)17)11-4-2-10(3-5-11)8-13-9-16/h2-5H,6-8H2,1H3. The van der Waals surface area contributed by atoms with Crippen molar-refractivity contribution in [3.8, 4) is 0 Å². The van der Waals surface area contributed by atoms with Gasteiger partial charge in [-0.05, 0) is 17.7 Å². The highest BCUT2D eigenvalue weighted by atomic mass is 16.2. The number of hydrogen-bond donors (Lipinski definition) is 0. The van der Waals surface area contributed by atoms with Crippen molar-refractivity contribution in [3.63, 3.8) is 0 Å². The SMILES string of the molecule is CN1CCN(c2ccc(CN=C=O)cc2)C1=O. The maximum absolute atomic E-state index is 11.7. The number of carbonyl (C=O) groups is 1. The third kappa shape index (κ3) is 2.34.